The predicted molar refractivity (Wildman–Crippen MR) is 82.6 cm³/mol. The predicted octanol–water partition coefficient (Wildman–Crippen LogP) is 3.83. The number of hydrogen-bond donors (Lipinski definition) is 0. The molecule has 1 aromatic heterocycles. The minimum Gasteiger partial charge on any atom is -0.465 e. The third-order valence-electron chi connectivity index (χ3n) is 4.09. The zero-order valence-corrected chi connectivity index (χ0v) is 12.2. The summed E-state index contributed by atoms with van der Waals surface area (Å²) in [6.45, 7) is 0. The summed E-state index contributed by atoms with van der Waals surface area (Å²) in [5, 5.41) is 0. The molecule has 0 N–H and O–H groups in total. The molecule has 0 fully saturated rings. The maximum Gasteiger partial charge on any atom is 0.246 e. The number of carbonyl (C=O) groups excluding carboxylic acids is 1. The van der Waals surface area contributed by atoms with Crippen molar-refractivity contribution < 1.29 is 9.21 Å². The molecular formula is C18H19NO2. The summed E-state index contributed by atoms with van der Waals surface area (Å²) in [6, 6.07) is 12.2. The van der Waals surface area contributed by atoms with E-state index in [9.17, 15) is 4.79 Å². The van der Waals surface area contributed by atoms with E-state index in [1.807, 2.05) is 30.1 Å². The molecule has 21 heavy (non-hydrogen) atoms. The molecule has 1 atom stereocenters. The molecule has 0 spiro atoms. The number of furan rings is 1. The standard InChI is InChI=1S/C18H19NO2/c1-19(18(20)12-11-15-8-5-13-21-15)17-10-4-7-14-6-2-3-9-16(14)17/h2-3,5-6,8-9,11-13,17H,4,7,10H2,1H3/b12-11+. The van der Waals surface area contributed by atoms with E-state index in [0.717, 1.165) is 19.3 Å². The Morgan fingerprint density at radius 2 is 2.14 bits per heavy atom. The van der Waals surface area contributed by atoms with Gasteiger partial charge in [-0.2, -0.15) is 0 Å². The molecule has 3 nitrogen and oxygen atoms in total. The Bertz CT molecular complexity index is 643. The maximum absolute atomic E-state index is 12.3. The molecule has 0 saturated carbocycles. The first-order valence-corrected chi connectivity index (χ1v) is 7.32. The van der Waals surface area contributed by atoms with Crippen LogP contribution in [0, 0.1) is 0 Å². The van der Waals surface area contributed by atoms with Gasteiger partial charge >= 0.3 is 0 Å². The van der Waals surface area contributed by atoms with Crippen molar-refractivity contribution in [2.45, 2.75) is 25.3 Å². The van der Waals surface area contributed by atoms with E-state index < -0.39 is 0 Å². The van der Waals surface area contributed by atoms with Crippen LogP contribution in [0.1, 0.15) is 35.8 Å². The highest BCUT2D eigenvalue weighted by Gasteiger charge is 2.25. The van der Waals surface area contributed by atoms with Crippen LogP contribution in [0.4, 0.5) is 0 Å². The fourth-order valence-electron chi connectivity index (χ4n) is 2.94. The molecule has 0 radical (unpaired) electrons. The third-order valence-corrected chi connectivity index (χ3v) is 4.09. The fourth-order valence-corrected chi connectivity index (χ4v) is 2.94. The van der Waals surface area contributed by atoms with Gasteiger partial charge in [0.05, 0.1) is 12.3 Å². The number of benzene rings is 1. The summed E-state index contributed by atoms with van der Waals surface area (Å²) < 4.78 is 5.21. The van der Waals surface area contributed by atoms with Crippen LogP contribution in [-0.2, 0) is 11.2 Å². The summed E-state index contributed by atoms with van der Waals surface area (Å²) in [7, 11) is 1.88. The van der Waals surface area contributed by atoms with Crippen LogP contribution in [0.15, 0.2) is 53.2 Å². The van der Waals surface area contributed by atoms with Crippen molar-refractivity contribution in [1.82, 2.24) is 4.90 Å². The Hall–Kier alpha value is -2.29. The van der Waals surface area contributed by atoms with Gasteiger partial charge < -0.3 is 9.32 Å². The Balaban J connectivity index is 1.76. The van der Waals surface area contributed by atoms with Gasteiger partial charge in [0.1, 0.15) is 5.76 Å². The van der Waals surface area contributed by atoms with Gasteiger partial charge in [0.25, 0.3) is 0 Å². The number of likely N-dealkylation sites (N-methyl/N-ethyl adjacent to an activating group) is 1. The van der Waals surface area contributed by atoms with Gasteiger partial charge in [-0.15, -0.1) is 0 Å². The summed E-state index contributed by atoms with van der Waals surface area (Å²) in [6.07, 6.45) is 8.15. The lowest BCUT2D eigenvalue weighted by atomic mass is 9.87. The second kappa shape index (κ2) is 6.00. The first kappa shape index (κ1) is 13.7. The van der Waals surface area contributed by atoms with E-state index >= 15 is 0 Å². The number of rotatable bonds is 3. The van der Waals surface area contributed by atoms with Crippen LogP contribution in [0.2, 0.25) is 0 Å². The Kier molecular flexibility index (Phi) is 3.91. The van der Waals surface area contributed by atoms with Crippen molar-refractivity contribution in [2.24, 2.45) is 0 Å². The monoisotopic (exact) mass is 281 g/mol. The smallest absolute Gasteiger partial charge is 0.246 e. The number of fused-ring (bicyclic) bond motifs is 1. The van der Waals surface area contributed by atoms with Gasteiger partial charge in [-0.3, -0.25) is 4.79 Å². The molecule has 108 valence electrons. The molecule has 1 aliphatic rings. The molecule has 3 heteroatoms. The van der Waals surface area contributed by atoms with Gasteiger partial charge in [-0.1, -0.05) is 24.3 Å². The zero-order valence-electron chi connectivity index (χ0n) is 12.2. The summed E-state index contributed by atoms with van der Waals surface area (Å²) in [5.41, 5.74) is 2.65. The van der Waals surface area contributed by atoms with E-state index in [1.54, 1.807) is 18.4 Å². The Morgan fingerprint density at radius 1 is 1.29 bits per heavy atom. The first-order chi connectivity index (χ1) is 10.3. The average molecular weight is 281 g/mol. The van der Waals surface area contributed by atoms with Crippen LogP contribution in [0.3, 0.4) is 0 Å². The summed E-state index contributed by atoms with van der Waals surface area (Å²) in [5.74, 6) is 0.703. The van der Waals surface area contributed by atoms with Crippen LogP contribution in [0.25, 0.3) is 6.08 Å². The lowest BCUT2D eigenvalue weighted by Crippen LogP contribution is -2.32. The number of amides is 1. The average Bonchev–Trinajstić information content (AvgIpc) is 3.05. The van der Waals surface area contributed by atoms with Gasteiger partial charge in [0.2, 0.25) is 5.91 Å². The number of carbonyl (C=O) groups is 1. The maximum atomic E-state index is 12.3. The number of nitrogens with zero attached hydrogens (tertiary/aromatic N) is 1. The van der Waals surface area contributed by atoms with Gasteiger partial charge in [-0.25, -0.2) is 0 Å². The van der Waals surface area contributed by atoms with Crippen LogP contribution >= 0.6 is 0 Å². The molecule has 1 aromatic carbocycles. The quantitative estimate of drug-likeness (QED) is 0.801. The highest BCUT2D eigenvalue weighted by Crippen LogP contribution is 2.33. The Labute approximate surface area is 124 Å². The zero-order chi connectivity index (χ0) is 14.7. The van der Waals surface area contributed by atoms with Gasteiger partial charge in [0, 0.05) is 13.1 Å². The molecule has 1 aliphatic carbocycles. The van der Waals surface area contributed by atoms with Crippen molar-refractivity contribution >= 4 is 12.0 Å². The van der Waals surface area contributed by atoms with Crippen molar-refractivity contribution in [2.75, 3.05) is 7.05 Å². The lowest BCUT2D eigenvalue weighted by Gasteiger charge is -2.32. The summed E-state index contributed by atoms with van der Waals surface area (Å²) >= 11 is 0. The Morgan fingerprint density at radius 3 is 2.95 bits per heavy atom. The molecule has 3 rings (SSSR count). The topological polar surface area (TPSA) is 33.5 Å². The highest BCUT2D eigenvalue weighted by atomic mass is 16.3. The number of aryl methyl sites for hydroxylation is 1. The minimum atomic E-state index is 0.00750. The molecule has 0 saturated heterocycles. The highest BCUT2D eigenvalue weighted by molar-refractivity contribution is 5.91. The van der Waals surface area contributed by atoms with E-state index in [1.165, 1.54) is 11.1 Å². The van der Waals surface area contributed by atoms with Crippen molar-refractivity contribution in [3.05, 3.63) is 65.6 Å². The third kappa shape index (κ3) is 2.92. The first-order valence-electron chi connectivity index (χ1n) is 7.32. The van der Waals surface area contributed by atoms with Crippen molar-refractivity contribution in [1.29, 1.82) is 0 Å². The van der Waals surface area contributed by atoms with E-state index in [-0.39, 0.29) is 11.9 Å². The van der Waals surface area contributed by atoms with Crippen LogP contribution < -0.4 is 0 Å². The molecule has 0 bridgehead atoms. The molecule has 1 unspecified atom stereocenters. The lowest BCUT2D eigenvalue weighted by molar-refractivity contribution is -0.127. The van der Waals surface area contributed by atoms with E-state index in [2.05, 4.69) is 18.2 Å². The van der Waals surface area contributed by atoms with Crippen LogP contribution in [0.5, 0.6) is 0 Å². The molecule has 2 aromatic rings. The van der Waals surface area contributed by atoms with Crippen molar-refractivity contribution in [3.63, 3.8) is 0 Å². The SMILES string of the molecule is CN(C(=O)/C=C/c1ccco1)C1CCCc2ccccc21. The van der Waals surface area contributed by atoms with E-state index in [4.69, 9.17) is 4.42 Å². The van der Waals surface area contributed by atoms with Crippen LogP contribution in [-0.4, -0.2) is 17.9 Å². The molecular weight excluding hydrogens is 262 g/mol. The van der Waals surface area contributed by atoms with Gasteiger partial charge in [0.15, 0.2) is 0 Å². The van der Waals surface area contributed by atoms with Crippen molar-refractivity contribution in [3.8, 4) is 0 Å². The second-order valence-electron chi connectivity index (χ2n) is 5.40. The van der Waals surface area contributed by atoms with Gasteiger partial charge in [-0.05, 0) is 48.6 Å². The molecule has 1 amide bonds. The number of hydrogen-bond acceptors (Lipinski definition) is 2. The largest absolute Gasteiger partial charge is 0.465 e. The molecule has 1 heterocycles. The normalized spacial score (nSPS) is 17.7. The van der Waals surface area contributed by atoms with E-state index in [0.29, 0.717) is 5.76 Å². The minimum absolute atomic E-state index is 0.00750. The fraction of sp³-hybridized carbons (Fsp3) is 0.278. The molecule has 0 aliphatic heterocycles. The second-order valence-corrected chi connectivity index (χ2v) is 5.40. The summed E-state index contributed by atoms with van der Waals surface area (Å²) in [4.78, 5) is 14.2.